The predicted octanol–water partition coefficient (Wildman–Crippen LogP) is 1.90. The number of hydrogen-bond acceptors (Lipinski definition) is 3. The third-order valence-corrected chi connectivity index (χ3v) is 5.16. The van der Waals surface area contributed by atoms with Crippen LogP contribution in [-0.4, -0.2) is 37.5 Å². The molecule has 122 valence electrons. The molecular weight excluding hydrogens is 300 g/mol. The van der Waals surface area contributed by atoms with Crippen LogP contribution in [0.5, 0.6) is 0 Å². The summed E-state index contributed by atoms with van der Waals surface area (Å²) >= 11 is 0. The molecule has 1 fully saturated rings. The number of sulfonamides is 1. The van der Waals surface area contributed by atoms with Crippen molar-refractivity contribution >= 4 is 15.9 Å². The van der Waals surface area contributed by atoms with Crippen molar-refractivity contribution in [2.45, 2.75) is 44.7 Å². The molecule has 0 spiro atoms. The van der Waals surface area contributed by atoms with E-state index in [2.05, 4.69) is 5.32 Å². The second kappa shape index (κ2) is 7.74. The van der Waals surface area contributed by atoms with Crippen LogP contribution in [0.25, 0.3) is 0 Å². The molecular formula is C16H24N2O3S. The molecule has 1 aromatic carbocycles. The predicted molar refractivity (Wildman–Crippen MR) is 86.7 cm³/mol. The van der Waals surface area contributed by atoms with E-state index >= 15 is 0 Å². The monoisotopic (exact) mass is 324 g/mol. The molecule has 1 amide bonds. The van der Waals surface area contributed by atoms with Crippen molar-refractivity contribution in [1.82, 2.24) is 9.62 Å². The van der Waals surface area contributed by atoms with E-state index in [-0.39, 0.29) is 25.0 Å². The number of rotatable bonds is 6. The molecule has 0 heterocycles. The first kappa shape index (κ1) is 17.0. The summed E-state index contributed by atoms with van der Waals surface area (Å²) in [6, 6.07) is 9.51. The Labute approximate surface area is 132 Å². The highest BCUT2D eigenvalue weighted by Gasteiger charge is 2.22. The van der Waals surface area contributed by atoms with Crippen LogP contribution in [0.1, 0.15) is 37.7 Å². The Morgan fingerprint density at radius 1 is 1.18 bits per heavy atom. The number of carbonyl (C=O) groups is 1. The molecule has 1 aromatic rings. The van der Waals surface area contributed by atoms with Crippen LogP contribution in [0, 0.1) is 0 Å². The highest BCUT2D eigenvalue weighted by atomic mass is 32.2. The SMILES string of the molecule is CS(=O)(=O)N(CC(=O)NC1CCCCC1)Cc1ccccc1. The number of carbonyl (C=O) groups excluding carboxylic acids is 1. The first-order valence-corrected chi connectivity index (χ1v) is 9.58. The first-order valence-electron chi connectivity index (χ1n) is 7.73. The van der Waals surface area contributed by atoms with Crippen LogP contribution in [-0.2, 0) is 21.4 Å². The van der Waals surface area contributed by atoms with E-state index < -0.39 is 10.0 Å². The molecule has 0 atom stereocenters. The Kier molecular flexibility index (Phi) is 5.97. The topological polar surface area (TPSA) is 66.5 Å². The van der Waals surface area contributed by atoms with Crippen molar-refractivity contribution in [3.05, 3.63) is 35.9 Å². The van der Waals surface area contributed by atoms with Crippen molar-refractivity contribution in [2.24, 2.45) is 0 Å². The molecule has 0 unspecified atom stereocenters. The fraction of sp³-hybridized carbons (Fsp3) is 0.562. The van der Waals surface area contributed by atoms with Gasteiger partial charge in [-0.1, -0.05) is 49.6 Å². The summed E-state index contributed by atoms with van der Waals surface area (Å²) in [5.74, 6) is -0.215. The van der Waals surface area contributed by atoms with Gasteiger partial charge in [-0.05, 0) is 18.4 Å². The second-order valence-electron chi connectivity index (χ2n) is 5.92. The van der Waals surface area contributed by atoms with Gasteiger partial charge < -0.3 is 5.32 Å². The molecule has 1 N–H and O–H groups in total. The standard InChI is InChI=1S/C16H24N2O3S/c1-22(20,21)18(12-14-8-4-2-5-9-14)13-16(19)17-15-10-6-3-7-11-15/h2,4-5,8-9,15H,3,6-7,10-13H2,1H3,(H,17,19). The van der Waals surface area contributed by atoms with Crippen molar-refractivity contribution in [2.75, 3.05) is 12.8 Å². The van der Waals surface area contributed by atoms with E-state index in [9.17, 15) is 13.2 Å². The Morgan fingerprint density at radius 2 is 1.82 bits per heavy atom. The molecule has 6 heteroatoms. The average Bonchev–Trinajstić information content (AvgIpc) is 2.48. The Hall–Kier alpha value is -1.40. The summed E-state index contributed by atoms with van der Waals surface area (Å²) in [6.07, 6.45) is 6.60. The van der Waals surface area contributed by atoms with Crippen molar-refractivity contribution in [3.63, 3.8) is 0 Å². The van der Waals surface area contributed by atoms with Crippen molar-refractivity contribution in [3.8, 4) is 0 Å². The fourth-order valence-electron chi connectivity index (χ4n) is 2.76. The lowest BCUT2D eigenvalue weighted by molar-refractivity contribution is -0.122. The zero-order chi connectivity index (χ0) is 16.0. The minimum atomic E-state index is -3.43. The molecule has 0 radical (unpaired) electrons. The number of hydrogen-bond donors (Lipinski definition) is 1. The number of amides is 1. The van der Waals surface area contributed by atoms with Gasteiger partial charge in [0.05, 0.1) is 12.8 Å². The summed E-state index contributed by atoms with van der Waals surface area (Å²) in [7, 11) is -3.43. The van der Waals surface area contributed by atoms with Crippen molar-refractivity contribution in [1.29, 1.82) is 0 Å². The van der Waals surface area contributed by atoms with Crippen LogP contribution < -0.4 is 5.32 Å². The molecule has 5 nitrogen and oxygen atoms in total. The average molecular weight is 324 g/mol. The number of nitrogens with one attached hydrogen (secondary N) is 1. The number of nitrogens with zero attached hydrogens (tertiary/aromatic N) is 1. The first-order chi connectivity index (χ1) is 10.4. The maximum absolute atomic E-state index is 12.1. The van der Waals surface area contributed by atoms with Gasteiger partial charge in [0.1, 0.15) is 0 Å². The van der Waals surface area contributed by atoms with Gasteiger partial charge in [-0.15, -0.1) is 0 Å². The minimum absolute atomic E-state index is 0.121. The Balaban J connectivity index is 1.96. The summed E-state index contributed by atoms with van der Waals surface area (Å²) < 4.78 is 25.0. The molecule has 22 heavy (non-hydrogen) atoms. The van der Waals surface area contributed by atoms with E-state index in [1.165, 1.54) is 10.7 Å². The highest BCUT2D eigenvalue weighted by Crippen LogP contribution is 2.17. The lowest BCUT2D eigenvalue weighted by Gasteiger charge is -2.25. The van der Waals surface area contributed by atoms with Gasteiger partial charge in [0.15, 0.2) is 0 Å². The molecule has 1 aliphatic rings. The lowest BCUT2D eigenvalue weighted by atomic mass is 9.95. The van der Waals surface area contributed by atoms with Gasteiger partial charge in [-0.3, -0.25) is 4.79 Å². The van der Waals surface area contributed by atoms with Gasteiger partial charge in [-0.25, -0.2) is 8.42 Å². The van der Waals surface area contributed by atoms with E-state index in [0.717, 1.165) is 37.5 Å². The Morgan fingerprint density at radius 3 is 2.41 bits per heavy atom. The molecule has 0 bridgehead atoms. The number of benzene rings is 1. The van der Waals surface area contributed by atoms with Crippen LogP contribution in [0.4, 0.5) is 0 Å². The van der Waals surface area contributed by atoms with E-state index in [1.807, 2.05) is 30.3 Å². The van der Waals surface area contributed by atoms with Crippen molar-refractivity contribution < 1.29 is 13.2 Å². The third kappa shape index (κ3) is 5.42. The smallest absolute Gasteiger partial charge is 0.235 e. The summed E-state index contributed by atoms with van der Waals surface area (Å²) in [6.45, 7) is 0.0992. The van der Waals surface area contributed by atoms with Gasteiger partial charge in [0.2, 0.25) is 15.9 Å². The lowest BCUT2D eigenvalue weighted by Crippen LogP contribution is -2.44. The van der Waals surface area contributed by atoms with Gasteiger partial charge in [-0.2, -0.15) is 4.31 Å². The summed E-state index contributed by atoms with van der Waals surface area (Å²) in [5, 5.41) is 2.96. The molecule has 2 rings (SSSR count). The largest absolute Gasteiger partial charge is 0.352 e. The normalized spacial score (nSPS) is 16.6. The molecule has 1 aliphatic carbocycles. The summed E-state index contributed by atoms with van der Waals surface area (Å²) in [5.41, 5.74) is 0.874. The zero-order valence-corrected chi connectivity index (χ0v) is 13.8. The molecule has 0 saturated heterocycles. The summed E-state index contributed by atoms with van der Waals surface area (Å²) in [4.78, 5) is 12.1. The van der Waals surface area contributed by atoms with Crippen LogP contribution in [0.3, 0.4) is 0 Å². The maximum Gasteiger partial charge on any atom is 0.235 e. The fourth-order valence-corrected chi connectivity index (χ4v) is 3.49. The van der Waals surface area contributed by atoms with Crippen LogP contribution in [0.15, 0.2) is 30.3 Å². The van der Waals surface area contributed by atoms with Gasteiger partial charge >= 0.3 is 0 Å². The molecule has 0 aromatic heterocycles. The highest BCUT2D eigenvalue weighted by molar-refractivity contribution is 7.88. The van der Waals surface area contributed by atoms with E-state index in [0.29, 0.717) is 0 Å². The molecule has 1 saturated carbocycles. The van der Waals surface area contributed by atoms with Gasteiger partial charge in [0, 0.05) is 12.6 Å². The van der Waals surface area contributed by atoms with Crippen LogP contribution >= 0.6 is 0 Å². The van der Waals surface area contributed by atoms with E-state index in [1.54, 1.807) is 0 Å². The quantitative estimate of drug-likeness (QED) is 0.869. The zero-order valence-electron chi connectivity index (χ0n) is 13.0. The second-order valence-corrected chi connectivity index (χ2v) is 7.90. The molecule has 0 aliphatic heterocycles. The van der Waals surface area contributed by atoms with Gasteiger partial charge in [0.25, 0.3) is 0 Å². The minimum Gasteiger partial charge on any atom is -0.352 e. The Bertz CT molecular complexity index is 581. The maximum atomic E-state index is 12.1. The third-order valence-electron chi connectivity index (χ3n) is 3.96. The van der Waals surface area contributed by atoms with Crippen LogP contribution in [0.2, 0.25) is 0 Å². The van der Waals surface area contributed by atoms with E-state index in [4.69, 9.17) is 0 Å².